The number of carbonyl (C=O) groups is 2. The maximum absolute atomic E-state index is 13.3. The Bertz CT molecular complexity index is 1030. The van der Waals surface area contributed by atoms with Crippen LogP contribution in [-0.4, -0.2) is 16.7 Å². The van der Waals surface area contributed by atoms with Crippen LogP contribution in [0.25, 0.3) is 5.57 Å². The van der Waals surface area contributed by atoms with Gasteiger partial charge in [-0.05, 0) is 35.4 Å². The van der Waals surface area contributed by atoms with E-state index in [9.17, 15) is 14.0 Å². The van der Waals surface area contributed by atoms with Gasteiger partial charge in [0, 0.05) is 5.75 Å². The van der Waals surface area contributed by atoms with Crippen LogP contribution in [0.4, 0.5) is 4.39 Å². The number of halogens is 1. The average Bonchev–Trinajstić information content (AvgIpc) is 3.30. The monoisotopic (exact) mass is 393 g/mol. The van der Waals surface area contributed by atoms with E-state index in [1.807, 2.05) is 30.3 Å². The number of benzene rings is 2. The van der Waals surface area contributed by atoms with Gasteiger partial charge in [-0.25, -0.2) is 4.39 Å². The number of carbonyl (C=O) groups excluding carboxylic acids is 2. The second kappa shape index (κ2) is 7.86. The fraction of sp³-hybridized carbons (Fsp3) is 0.0909. The van der Waals surface area contributed by atoms with Crippen LogP contribution in [-0.2, 0) is 21.9 Å². The van der Waals surface area contributed by atoms with Gasteiger partial charge < -0.3 is 4.42 Å². The van der Waals surface area contributed by atoms with Gasteiger partial charge in [-0.2, -0.15) is 0 Å². The average molecular weight is 393 g/mol. The molecule has 6 heteroatoms. The van der Waals surface area contributed by atoms with E-state index < -0.39 is 11.7 Å². The first-order valence-corrected chi connectivity index (χ1v) is 9.67. The van der Waals surface area contributed by atoms with Crippen molar-refractivity contribution in [3.8, 4) is 0 Å². The Morgan fingerprint density at radius 3 is 2.32 bits per heavy atom. The molecule has 2 heterocycles. The Morgan fingerprint density at radius 1 is 0.893 bits per heavy atom. The first kappa shape index (κ1) is 18.3. The summed E-state index contributed by atoms with van der Waals surface area (Å²) in [5.41, 5.74) is 1.87. The number of nitrogens with zero attached hydrogens (tertiary/aromatic N) is 1. The molecular formula is C22H16FNO3S. The third-order valence-electron chi connectivity index (χ3n) is 4.38. The van der Waals surface area contributed by atoms with E-state index in [-0.39, 0.29) is 12.5 Å². The predicted octanol–water partition coefficient (Wildman–Crippen LogP) is 4.63. The van der Waals surface area contributed by atoms with E-state index in [0.717, 1.165) is 5.56 Å². The highest BCUT2D eigenvalue weighted by atomic mass is 32.2. The second-order valence-corrected chi connectivity index (χ2v) is 7.25. The fourth-order valence-electron chi connectivity index (χ4n) is 2.99. The zero-order chi connectivity index (χ0) is 19.5. The smallest absolute Gasteiger partial charge is 0.268 e. The molecule has 0 spiro atoms. The Labute approximate surface area is 165 Å². The van der Waals surface area contributed by atoms with Gasteiger partial charge in [0.2, 0.25) is 0 Å². The highest BCUT2D eigenvalue weighted by molar-refractivity contribution is 8.03. The largest absolute Gasteiger partial charge is 0.467 e. The highest BCUT2D eigenvalue weighted by Gasteiger charge is 2.39. The zero-order valence-electron chi connectivity index (χ0n) is 14.8. The molecule has 2 amide bonds. The van der Waals surface area contributed by atoms with Crippen LogP contribution in [0.3, 0.4) is 0 Å². The molecule has 1 aliphatic rings. The van der Waals surface area contributed by atoms with Crippen molar-refractivity contribution >= 4 is 29.1 Å². The van der Waals surface area contributed by atoms with Gasteiger partial charge in [0.25, 0.3) is 11.8 Å². The van der Waals surface area contributed by atoms with Gasteiger partial charge >= 0.3 is 0 Å². The summed E-state index contributed by atoms with van der Waals surface area (Å²) in [6.07, 6.45) is 1.50. The van der Waals surface area contributed by atoms with Gasteiger partial charge in [0.05, 0.1) is 23.3 Å². The van der Waals surface area contributed by atoms with Gasteiger partial charge in [-0.3, -0.25) is 14.5 Å². The van der Waals surface area contributed by atoms with Crippen molar-refractivity contribution < 1.29 is 18.4 Å². The van der Waals surface area contributed by atoms with Crippen LogP contribution in [0, 0.1) is 5.82 Å². The molecule has 0 atom stereocenters. The van der Waals surface area contributed by atoms with E-state index in [2.05, 4.69) is 0 Å². The number of rotatable bonds is 6. The lowest BCUT2D eigenvalue weighted by Gasteiger charge is -2.13. The molecule has 4 nitrogen and oxygen atoms in total. The summed E-state index contributed by atoms with van der Waals surface area (Å²) in [6.45, 7) is 0.0603. The first-order chi connectivity index (χ1) is 13.6. The minimum absolute atomic E-state index is 0.0603. The number of thioether (sulfide) groups is 1. The molecule has 4 rings (SSSR count). The lowest BCUT2D eigenvalue weighted by molar-refractivity contribution is -0.137. The van der Waals surface area contributed by atoms with Crippen molar-refractivity contribution in [2.75, 3.05) is 0 Å². The van der Waals surface area contributed by atoms with E-state index in [4.69, 9.17) is 4.42 Å². The summed E-state index contributed by atoms with van der Waals surface area (Å²) in [5.74, 6) is -0.0826. The summed E-state index contributed by atoms with van der Waals surface area (Å²) in [6, 6.07) is 18.7. The molecule has 3 aromatic rings. The first-order valence-electron chi connectivity index (χ1n) is 8.69. The summed E-state index contributed by atoms with van der Waals surface area (Å²) >= 11 is 1.32. The van der Waals surface area contributed by atoms with Crippen LogP contribution in [0.5, 0.6) is 0 Å². The maximum Gasteiger partial charge on any atom is 0.268 e. The van der Waals surface area contributed by atoms with Crippen LogP contribution in [0.2, 0.25) is 0 Å². The van der Waals surface area contributed by atoms with Gasteiger partial charge in [0.15, 0.2) is 0 Å². The van der Waals surface area contributed by atoms with Crippen LogP contribution in [0.15, 0.2) is 82.3 Å². The molecule has 140 valence electrons. The lowest BCUT2D eigenvalue weighted by Crippen LogP contribution is -2.30. The quantitative estimate of drug-likeness (QED) is 0.573. The van der Waals surface area contributed by atoms with Crippen LogP contribution in [0.1, 0.15) is 16.9 Å². The summed E-state index contributed by atoms with van der Waals surface area (Å²) in [5, 5.41) is 0. The Hall–Kier alpha value is -3.12. The number of furan rings is 1. The topological polar surface area (TPSA) is 50.5 Å². The molecule has 1 aliphatic heterocycles. The number of amides is 2. The molecule has 0 bridgehead atoms. The van der Waals surface area contributed by atoms with Crippen molar-refractivity contribution in [1.29, 1.82) is 0 Å². The standard InChI is InChI=1S/C22H16FNO3S/c23-17-10-8-16(9-11-17)19-20(28-14-15-5-2-1-3-6-15)22(26)24(21(19)25)13-18-7-4-12-27-18/h1-12H,13-14H2. The van der Waals surface area contributed by atoms with Crippen LogP contribution < -0.4 is 0 Å². The molecule has 0 saturated carbocycles. The van der Waals surface area contributed by atoms with E-state index in [1.54, 1.807) is 12.1 Å². The Kier molecular flexibility index (Phi) is 5.12. The molecule has 1 aromatic heterocycles. The third kappa shape index (κ3) is 3.64. The number of hydrogen-bond donors (Lipinski definition) is 0. The second-order valence-electron chi connectivity index (χ2n) is 6.26. The Morgan fingerprint density at radius 2 is 1.64 bits per heavy atom. The van der Waals surface area contributed by atoms with E-state index in [0.29, 0.717) is 27.6 Å². The molecule has 0 radical (unpaired) electrons. The van der Waals surface area contributed by atoms with Crippen molar-refractivity contribution in [2.45, 2.75) is 12.3 Å². The predicted molar refractivity (Wildman–Crippen MR) is 105 cm³/mol. The molecule has 0 N–H and O–H groups in total. The Balaban J connectivity index is 1.67. The number of imide groups is 1. The lowest BCUT2D eigenvalue weighted by atomic mass is 10.1. The SMILES string of the molecule is O=C1C(SCc2ccccc2)=C(c2ccc(F)cc2)C(=O)N1Cc1ccco1. The zero-order valence-corrected chi connectivity index (χ0v) is 15.6. The summed E-state index contributed by atoms with van der Waals surface area (Å²) in [4.78, 5) is 27.6. The van der Waals surface area contributed by atoms with Gasteiger partial charge in [-0.15, -0.1) is 11.8 Å². The molecule has 0 unspecified atom stereocenters. The van der Waals surface area contributed by atoms with E-state index in [1.165, 1.54) is 47.2 Å². The van der Waals surface area contributed by atoms with Crippen molar-refractivity contribution in [3.05, 3.63) is 101 Å². The minimum atomic E-state index is -0.399. The molecule has 28 heavy (non-hydrogen) atoms. The van der Waals surface area contributed by atoms with Gasteiger partial charge in [0.1, 0.15) is 11.6 Å². The molecule has 0 aliphatic carbocycles. The molecule has 0 saturated heterocycles. The van der Waals surface area contributed by atoms with Crippen LogP contribution >= 0.6 is 11.8 Å². The van der Waals surface area contributed by atoms with Crippen molar-refractivity contribution in [1.82, 2.24) is 4.90 Å². The fourth-order valence-corrected chi connectivity index (χ4v) is 4.08. The van der Waals surface area contributed by atoms with Gasteiger partial charge in [-0.1, -0.05) is 42.5 Å². The van der Waals surface area contributed by atoms with E-state index >= 15 is 0 Å². The normalized spacial score (nSPS) is 14.2. The third-order valence-corrected chi connectivity index (χ3v) is 5.52. The summed E-state index contributed by atoms with van der Waals surface area (Å²) in [7, 11) is 0. The minimum Gasteiger partial charge on any atom is -0.467 e. The van der Waals surface area contributed by atoms with Crippen molar-refractivity contribution in [2.24, 2.45) is 0 Å². The number of hydrogen-bond acceptors (Lipinski definition) is 4. The molecule has 2 aromatic carbocycles. The molecule has 0 fully saturated rings. The van der Waals surface area contributed by atoms with Crippen molar-refractivity contribution in [3.63, 3.8) is 0 Å². The summed E-state index contributed by atoms with van der Waals surface area (Å²) < 4.78 is 18.6. The molecular weight excluding hydrogens is 377 g/mol. The highest BCUT2D eigenvalue weighted by Crippen LogP contribution is 2.38. The maximum atomic E-state index is 13.3.